The van der Waals surface area contributed by atoms with Crippen LogP contribution in [0.5, 0.6) is 0 Å². The quantitative estimate of drug-likeness (QED) is 0.555. The molecule has 0 fully saturated rings. The van der Waals surface area contributed by atoms with Gasteiger partial charge in [-0.2, -0.15) is 0 Å². The molecule has 0 N–H and O–H groups in total. The lowest BCUT2D eigenvalue weighted by molar-refractivity contribution is -0.104. The molecule has 0 spiro atoms. The van der Waals surface area contributed by atoms with Crippen LogP contribution in [-0.2, 0) is 11.8 Å². The highest BCUT2D eigenvalue weighted by Crippen LogP contribution is 2.25. The molecule has 0 bridgehead atoms. The maximum atomic E-state index is 10.7. The van der Waals surface area contributed by atoms with E-state index in [1.54, 1.807) is 0 Å². The molecule has 2 heteroatoms. The average molecular weight is 213 g/mol. The van der Waals surface area contributed by atoms with Gasteiger partial charge in [-0.15, -0.1) is 0 Å². The third-order valence-electron chi connectivity index (χ3n) is 2.97. The maximum absolute atomic E-state index is 10.7. The second-order valence-corrected chi connectivity index (χ2v) is 4.09. The summed E-state index contributed by atoms with van der Waals surface area (Å²) in [6.45, 7) is 3.91. The average Bonchev–Trinajstić information content (AvgIpc) is 2.55. The Kier molecular flexibility index (Phi) is 2.65. The number of nitrogens with zero attached hydrogens (tertiary/aromatic N) is 1. The van der Waals surface area contributed by atoms with Crippen LogP contribution in [0, 0.1) is 6.92 Å². The molecule has 0 amide bonds. The lowest BCUT2D eigenvalue weighted by atomic mass is 10.1. The molecule has 0 aliphatic rings. The van der Waals surface area contributed by atoms with Gasteiger partial charge < -0.3 is 4.57 Å². The number of fused-ring (bicyclic) bond motifs is 1. The third-order valence-corrected chi connectivity index (χ3v) is 2.97. The molecule has 16 heavy (non-hydrogen) atoms. The van der Waals surface area contributed by atoms with Crippen LogP contribution in [-0.4, -0.2) is 10.9 Å². The highest BCUT2D eigenvalue weighted by Gasteiger charge is 2.08. The maximum Gasteiger partial charge on any atom is 0.145 e. The van der Waals surface area contributed by atoms with Gasteiger partial charge in [0.25, 0.3) is 0 Å². The zero-order chi connectivity index (χ0) is 11.7. The van der Waals surface area contributed by atoms with E-state index in [0.29, 0.717) is 0 Å². The predicted octanol–water partition coefficient (Wildman–Crippen LogP) is 3.09. The summed E-state index contributed by atoms with van der Waals surface area (Å²) in [6.07, 6.45) is 2.82. The van der Waals surface area contributed by atoms with Crippen LogP contribution < -0.4 is 0 Å². The van der Waals surface area contributed by atoms with Crippen molar-refractivity contribution in [3.8, 4) is 0 Å². The van der Waals surface area contributed by atoms with Crippen LogP contribution in [0.1, 0.15) is 18.2 Å². The Bertz CT molecular complexity index is 537. The van der Waals surface area contributed by atoms with E-state index in [-0.39, 0.29) is 0 Å². The minimum atomic E-state index is 0.744. The summed E-state index contributed by atoms with van der Waals surface area (Å²) < 4.78 is 2.12. The third kappa shape index (κ3) is 1.56. The molecule has 0 unspecified atom stereocenters. The molecule has 0 saturated heterocycles. The van der Waals surface area contributed by atoms with Gasteiger partial charge in [-0.3, -0.25) is 4.79 Å². The summed E-state index contributed by atoms with van der Waals surface area (Å²) in [4.78, 5) is 10.7. The lowest BCUT2D eigenvalue weighted by Gasteiger charge is -2.00. The zero-order valence-electron chi connectivity index (χ0n) is 9.82. The van der Waals surface area contributed by atoms with Crippen molar-refractivity contribution in [2.45, 2.75) is 13.8 Å². The first-order valence-corrected chi connectivity index (χ1v) is 5.32. The van der Waals surface area contributed by atoms with Gasteiger partial charge >= 0.3 is 0 Å². The van der Waals surface area contributed by atoms with Crippen LogP contribution in [0.4, 0.5) is 0 Å². The SMILES string of the molecule is C/C(C=O)=C/c1c(C)c2ccccc2n1C. The second kappa shape index (κ2) is 3.97. The van der Waals surface area contributed by atoms with Crippen molar-refractivity contribution in [2.24, 2.45) is 7.05 Å². The second-order valence-electron chi connectivity index (χ2n) is 4.09. The lowest BCUT2D eigenvalue weighted by Crippen LogP contribution is -1.92. The van der Waals surface area contributed by atoms with E-state index in [4.69, 9.17) is 0 Å². The van der Waals surface area contributed by atoms with Gasteiger partial charge in [0, 0.05) is 23.6 Å². The summed E-state index contributed by atoms with van der Waals surface area (Å²) in [5.74, 6) is 0. The Morgan fingerprint density at radius 3 is 2.62 bits per heavy atom. The van der Waals surface area contributed by atoms with Gasteiger partial charge in [0.05, 0.1) is 0 Å². The molecule has 0 aliphatic carbocycles. The van der Waals surface area contributed by atoms with Crippen LogP contribution in [0.25, 0.3) is 17.0 Å². The minimum absolute atomic E-state index is 0.744. The fourth-order valence-corrected chi connectivity index (χ4v) is 2.06. The van der Waals surface area contributed by atoms with Crippen LogP contribution >= 0.6 is 0 Å². The first-order valence-electron chi connectivity index (χ1n) is 5.32. The molecule has 82 valence electrons. The van der Waals surface area contributed by atoms with Gasteiger partial charge in [-0.1, -0.05) is 18.2 Å². The van der Waals surface area contributed by atoms with Crippen molar-refractivity contribution in [1.29, 1.82) is 0 Å². The number of allylic oxidation sites excluding steroid dienone is 1. The molecular weight excluding hydrogens is 198 g/mol. The summed E-state index contributed by atoms with van der Waals surface area (Å²) in [6, 6.07) is 8.27. The molecule has 0 radical (unpaired) electrons. The van der Waals surface area contributed by atoms with Gasteiger partial charge in [0.2, 0.25) is 0 Å². The molecule has 0 atom stereocenters. The molecular formula is C14H15NO. The van der Waals surface area contributed by atoms with E-state index in [0.717, 1.165) is 17.6 Å². The smallest absolute Gasteiger partial charge is 0.145 e. The van der Waals surface area contributed by atoms with E-state index in [1.165, 1.54) is 16.5 Å². The summed E-state index contributed by atoms with van der Waals surface area (Å²) in [7, 11) is 2.03. The van der Waals surface area contributed by atoms with Crippen LogP contribution in [0.2, 0.25) is 0 Å². The fourth-order valence-electron chi connectivity index (χ4n) is 2.06. The number of rotatable bonds is 2. The van der Waals surface area contributed by atoms with E-state index < -0.39 is 0 Å². The Hall–Kier alpha value is -1.83. The van der Waals surface area contributed by atoms with Crippen molar-refractivity contribution >= 4 is 23.3 Å². The van der Waals surface area contributed by atoms with E-state index >= 15 is 0 Å². The normalized spacial score (nSPS) is 12.1. The predicted molar refractivity (Wildman–Crippen MR) is 67.4 cm³/mol. The number of benzene rings is 1. The summed E-state index contributed by atoms with van der Waals surface area (Å²) >= 11 is 0. The number of carbonyl (C=O) groups is 1. The number of aldehydes is 1. The van der Waals surface area contributed by atoms with Crippen molar-refractivity contribution in [3.05, 3.63) is 41.1 Å². The molecule has 1 aromatic carbocycles. The largest absolute Gasteiger partial charge is 0.344 e. The molecule has 2 nitrogen and oxygen atoms in total. The Morgan fingerprint density at radius 2 is 2.00 bits per heavy atom. The van der Waals surface area contributed by atoms with Crippen LogP contribution in [0.15, 0.2) is 29.8 Å². The van der Waals surface area contributed by atoms with Gasteiger partial charge in [0.1, 0.15) is 6.29 Å². The standard InChI is InChI=1S/C14H15NO/c1-10(9-16)8-14-11(2)12-6-4-5-7-13(12)15(14)3/h4-9H,1-3H3/b10-8-. The topological polar surface area (TPSA) is 22.0 Å². The minimum Gasteiger partial charge on any atom is -0.344 e. The molecule has 1 aromatic heterocycles. The molecule has 1 heterocycles. The highest BCUT2D eigenvalue weighted by molar-refractivity contribution is 5.90. The van der Waals surface area contributed by atoms with Gasteiger partial charge in [-0.25, -0.2) is 0 Å². The first-order chi connectivity index (χ1) is 7.65. The number of aromatic nitrogens is 1. The Balaban J connectivity index is 2.75. The summed E-state index contributed by atoms with van der Waals surface area (Å²) in [5.41, 5.74) is 4.27. The summed E-state index contributed by atoms with van der Waals surface area (Å²) in [5, 5.41) is 1.25. The van der Waals surface area contributed by atoms with Crippen molar-refractivity contribution < 1.29 is 4.79 Å². The molecule has 0 saturated carbocycles. The van der Waals surface area contributed by atoms with E-state index in [1.807, 2.05) is 32.2 Å². The first kappa shape index (κ1) is 10.7. The monoisotopic (exact) mass is 213 g/mol. The van der Waals surface area contributed by atoms with Crippen molar-refractivity contribution in [3.63, 3.8) is 0 Å². The molecule has 2 rings (SSSR count). The number of aryl methyl sites for hydroxylation is 2. The molecule has 0 aliphatic heterocycles. The van der Waals surface area contributed by atoms with Gasteiger partial charge in [-0.05, 0) is 37.1 Å². The number of carbonyl (C=O) groups excluding carboxylic acids is 1. The highest BCUT2D eigenvalue weighted by atomic mass is 16.1. The number of para-hydroxylation sites is 1. The number of hydrogen-bond donors (Lipinski definition) is 0. The van der Waals surface area contributed by atoms with E-state index in [2.05, 4.69) is 23.6 Å². The molecule has 2 aromatic rings. The van der Waals surface area contributed by atoms with Gasteiger partial charge in [0.15, 0.2) is 0 Å². The Morgan fingerprint density at radius 1 is 1.31 bits per heavy atom. The van der Waals surface area contributed by atoms with Crippen molar-refractivity contribution in [1.82, 2.24) is 4.57 Å². The van der Waals surface area contributed by atoms with E-state index in [9.17, 15) is 4.79 Å². The van der Waals surface area contributed by atoms with Crippen LogP contribution in [0.3, 0.4) is 0 Å². The van der Waals surface area contributed by atoms with Crippen molar-refractivity contribution in [2.75, 3.05) is 0 Å². The Labute approximate surface area is 95.2 Å². The fraction of sp³-hybridized carbons (Fsp3) is 0.214. The zero-order valence-corrected chi connectivity index (χ0v) is 9.82. The number of hydrogen-bond acceptors (Lipinski definition) is 1.